The van der Waals surface area contributed by atoms with Crippen molar-refractivity contribution in [2.24, 2.45) is 0 Å². The number of ether oxygens (including phenoxy) is 1. The highest BCUT2D eigenvalue weighted by Gasteiger charge is 2.59. The molecule has 1 atom stereocenters. The third kappa shape index (κ3) is 5.78. The molecular weight excluding hydrogens is 575 g/mol. The van der Waals surface area contributed by atoms with Gasteiger partial charge < -0.3 is 25.4 Å². The number of benzene rings is 2. The first-order valence-corrected chi connectivity index (χ1v) is 14.9. The number of carbonyl (C=O) groups excluding carboxylic acids is 1. The second-order valence-electron chi connectivity index (χ2n) is 10.2. The van der Waals surface area contributed by atoms with Crippen LogP contribution in [0.4, 0.5) is 29.5 Å². The predicted octanol–water partition coefficient (Wildman–Crippen LogP) is 3.96. The van der Waals surface area contributed by atoms with Crippen molar-refractivity contribution in [3.8, 4) is 11.4 Å². The highest BCUT2D eigenvalue weighted by atomic mass is 32.2. The van der Waals surface area contributed by atoms with Crippen LogP contribution in [0.3, 0.4) is 0 Å². The quantitative estimate of drug-likeness (QED) is 0.352. The van der Waals surface area contributed by atoms with E-state index in [-0.39, 0.29) is 43.6 Å². The van der Waals surface area contributed by atoms with Crippen LogP contribution in [-0.4, -0.2) is 68.5 Å². The van der Waals surface area contributed by atoms with Crippen molar-refractivity contribution in [2.45, 2.75) is 41.6 Å². The molecule has 3 aromatic rings. The smallest absolute Gasteiger partial charge is 0.395 e. The SMILES string of the molecule is C[C@H]1COCCN1c1cc(C2(S(=O)(=O)c3ccccc3C(F)(F)F)CC2)nc(-c2ccc(NC(=O)NCCO)cc2)n1. The Hall–Kier alpha value is -3.75. The summed E-state index contributed by atoms with van der Waals surface area (Å²) in [4.78, 5) is 22.5. The van der Waals surface area contributed by atoms with Crippen molar-refractivity contribution in [3.05, 3.63) is 65.9 Å². The highest BCUT2D eigenvalue weighted by molar-refractivity contribution is 7.92. The number of aliphatic hydroxyl groups excluding tert-OH is 1. The number of nitrogens with one attached hydrogen (secondary N) is 2. The van der Waals surface area contributed by atoms with E-state index in [2.05, 4.69) is 15.6 Å². The summed E-state index contributed by atoms with van der Waals surface area (Å²) in [5, 5.41) is 14.0. The molecule has 42 heavy (non-hydrogen) atoms. The van der Waals surface area contributed by atoms with E-state index in [1.807, 2.05) is 11.8 Å². The summed E-state index contributed by atoms with van der Waals surface area (Å²) >= 11 is 0. The largest absolute Gasteiger partial charge is 0.417 e. The maximum absolute atomic E-state index is 14.0. The van der Waals surface area contributed by atoms with Gasteiger partial charge in [0.25, 0.3) is 0 Å². The van der Waals surface area contributed by atoms with Crippen LogP contribution in [-0.2, 0) is 25.5 Å². The normalized spacial score (nSPS) is 18.4. The summed E-state index contributed by atoms with van der Waals surface area (Å²) in [5.74, 6) is 0.644. The average molecular weight is 606 g/mol. The van der Waals surface area contributed by atoms with Crippen LogP contribution in [0.5, 0.6) is 0 Å². The Balaban J connectivity index is 1.57. The molecule has 0 bridgehead atoms. The molecule has 2 amide bonds. The number of hydrogen-bond donors (Lipinski definition) is 3. The van der Waals surface area contributed by atoms with E-state index in [0.717, 1.165) is 18.2 Å². The molecule has 0 unspecified atom stereocenters. The molecule has 2 aromatic carbocycles. The van der Waals surface area contributed by atoms with Crippen molar-refractivity contribution >= 4 is 27.4 Å². The molecule has 2 heterocycles. The fourth-order valence-electron chi connectivity index (χ4n) is 4.98. The van der Waals surface area contributed by atoms with Crippen LogP contribution in [0.2, 0.25) is 0 Å². The Morgan fingerprint density at radius 1 is 1.14 bits per heavy atom. The maximum Gasteiger partial charge on any atom is 0.417 e. The molecule has 0 spiro atoms. The van der Waals surface area contributed by atoms with Crippen LogP contribution in [0.1, 0.15) is 31.0 Å². The summed E-state index contributed by atoms with van der Waals surface area (Å²) in [6.45, 7) is 3.16. The molecule has 3 N–H and O–H groups in total. The van der Waals surface area contributed by atoms with Gasteiger partial charge in [-0.25, -0.2) is 23.2 Å². The van der Waals surface area contributed by atoms with E-state index in [1.165, 1.54) is 6.07 Å². The fraction of sp³-hybridized carbons (Fsp3) is 0.393. The Bertz CT molecular complexity index is 1560. The van der Waals surface area contributed by atoms with Crippen molar-refractivity contribution in [1.29, 1.82) is 0 Å². The molecule has 1 saturated heterocycles. The van der Waals surface area contributed by atoms with Gasteiger partial charge in [-0.05, 0) is 56.2 Å². The number of aliphatic hydroxyl groups is 1. The number of hydrogen-bond acceptors (Lipinski definition) is 8. The zero-order chi connectivity index (χ0) is 30.1. The number of rotatable bonds is 8. The van der Waals surface area contributed by atoms with Crippen LogP contribution >= 0.6 is 0 Å². The van der Waals surface area contributed by atoms with Gasteiger partial charge in [0, 0.05) is 30.4 Å². The summed E-state index contributed by atoms with van der Waals surface area (Å²) in [6, 6.07) is 11.7. The van der Waals surface area contributed by atoms with E-state index in [9.17, 15) is 26.4 Å². The topological polar surface area (TPSA) is 134 Å². The van der Waals surface area contributed by atoms with Gasteiger partial charge in [0.1, 0.15) is 10.6 Å². The lowest BCUT2D eigenvalue weighted by Crippen LogP contribution is -2.44. The van der Waals surface area contributed by atoms with Crippen molar-refractivity contribution in [1.82, 2.24) is 15.3 Å². The zero-order valence-corrected chi connectivity index (χ0v) is 23.5. The molecule has 1 saturated carbocycles. The summed E-state index contributed by atoms with van der Waals surface area (Å²) < 4.78 is 73.4. The minimum Gasteiger partial charge on any atom is -0.395 e. The number of alkyl halides is 3. The van der Waals surface area contributed by atoms with E-state index < -0.39 is 37.3 Å². The first kappa shape index (κ1) is 29.7. The molecule has 1 aliphatic heterocycles. The highest BCUT2D eigenvalue weighted by Crippen LogP contribution is 2.56. The molecule has 2 aliphatic rings. The summed E-state index contributed by atoms with van der Waals surface area (Å²) in [6.07, 6.45) is -4.63. The Kier molecular flexibility index (Phi) is 8.14. The number of amides is 2. The molecule has 1 aliphatic carbocycles. The molecule has 14 heteroatoms. The Labute approximate surface area is 240 Å². The molecule has 2 fully saturated rings. The van der Waals surface area contributed by atoms with Gasteiger partial charge >= 0.3 is 12.2 Å². The number of aromatic nitrogens is 2. The minimum absolute atomic E-state index is 0.0870. The van der Waals surface area contributed by atoms with Crippen LogP contribution in [0, 0.1) is 0 Å². The third-order valence-electron chi connectivity index (χ3n) is 7.34. The van der Waals surface area contributed by atoms with Crippen LogP contribution < -0.4 is 15.5 Å². The molecule has 0 radical (unpaired) electrons. The molecular formula is C28H30F3N5O5S. The lowest BCUT2D eigenvalue weighted by Gasteiger charge is -2.35. The number of nitrogens with zero attached hydrogens (tertiary/aromatic N) is 3. The standard InChI is InChI=1S/C28H30F3N5O5S/c1-18-17-41-15-13-36(18)24-16-23(27(10-11-27)42(39,40)22-5-3-2-4-21(22)28(29,30)31)34-25(35-24)19-6-8-20(9-7-19)33-26(38)32-12-14-37/h2-9,16,18,37H,10-15,17H2,1H3,(H2,32,33,38)/t18-/m0/s1. The number of halogens is 3. The Morgan fingerprint density at radius 2 is 1.86 bits per heavy atom. The minimum atomic E-state index is -4.85. The van der Waals surface area contributed by atoms with Crippen LogP contribution in [0.25, 0.3) is 11.4 Å². The van der Waals surface area contributed by atoms with Gasteiger partial charge in [0.15, 0.2) is 15.7 Å². The Morgan fingerprint density at radius 3 is 2.50 bits per heavy atom. The molecule has 224 valence electrons. The van der Waals surface area contributed by atoms with E-state index >= 15 is 0 Å². The van der Waals surface area contributed by atoms with E-state index in [4.69, 9.17) is 14.8 Å². The zero-order valence-electron chi connectivity index (χ0n) is 22.7. The third-order valence-corrected chi connectivity index (χ3v) is 9.92. The number of carbonyl (C=O) groups is 1. The van der Waals surface area contributed by atoms with Crippen LogP contribution in [0.15, 0.2) is 59.5 Å². The number of anilines is 2. The van der Waals surface area contributed by atoms with Gasteiger partial charge in [-0.1, -0.05) is 12.1 Å². The van der Waals surface area contributed by atoms with Gasteiger partial charge in [-0.2, -0.15) is 13.2 Å². The fourth-order valence-corrected chi connectivity index (χ4v) is 7.15. The predicted molar refractivity (Wildman–Crippen MR) is 149 cm³/mol. The van der Waals surface area contributed by atoms with Gasteiger partial charge in [0.05, 0.1) is 42.0 Å². The number of urea groups is 1. The van der Waals surface area contributed by atoms with E-state index in [0.29, 0.717) is 36.8 Å². The lowest BCUT2D eigenvalue weighted by atomic mass is 10.1. The van der Waals surface area contributed by atoms with Crippen molar-refractivity contribution < 1.29 is 36.2 Å². The van der Waals surface area contributed by atoms with Gasteiger partial charge in [0.2, 0.25) is 0 Å². The second-order valence-corrected chi connectivity index (χ2v) is 12.5. The number of morpholine rings is 1. The van der Waals surface area contributed by atoms with Crippen molar-refractivity contribution in [2.75, 3.05) is 43.1 Å². The molecule has 5 rings (SSSR count). The molecule has 10 nitrogen and oxygen atoms in total. The summed E-state index contributed by atoms with van der Waals surface area (Å²) in [5.41, 5.74) is -0.107. The second kappa shape index (κ2) is 11.5. The average Bonchev–Trinajstić information content (AvgIpc) is 3.79. The lowest BCUT2D eigenvalue weighted by molar-refractivity contribution is -0.139. The number of sulfone groups is 1. The van der Waals surface area contributed by atoms with E-state index in [1.54, 1.807) is 30.3 Å². The maximum atomic E-state index is 14.0. The summed E-state index contributed by atoms with van der Waals surface area (Å²) in [7, 11) is -4.51. The first-order chi connectivity index (χ1) is 20.0. The monoisotopic (exact) mass is 605 g/mol. The molecule has 1 aromatic heterocycles. The van der Waals surface area contributed by atoms with Crippen molar-refractivity contribution in [3.63, 3.8) is 0 Å². The van der Waals surface area contributed by atoms with Gasteiger partial charge in [-0.3, -0.25) is 0 Å². The van der Waals surface area contributed by atoms with Gasteiger partial charge in [-0.15, -0.1) is 0 Å². The first-order valence-electron chi connectivity index (χ1n) is 13.4.